The number of carboxylic acids is 1. The van der Waals surface area contributed by atoms with Crippen LogP contribution in [0.5, 0.6) is 0 Å². The van der Waals surface area contributed by atoms with E-state index in [1.54, 1.807) is 0 Å². The zero-order valence-corrected chi connectivity index (χ0v) is 8.54. The largest absolute Gasteiger partial charge is 0.481 e. The SMILES string of the molecule is CCC1(C(C(=O)O)C(C)C)COC1. The Bertz CT molecular complexity index is 189. The number of carbonyl (C=O) groups is 1. The Hall–Kier alpha value is -0.570. The van der Waals surface area contributed by atoms with Crippen molar-refractivity contribution in [3.05, 3.63) is 0 Å². The van der Waals surface area contributed by atoms with E-state index < -0.39 is 5.97 Å². The fourth-order valence-corrected chi connectivity index (χ4v) is 2.22. The van der Waals surface area contributed by atoms with Crippen molar-refractivity contribution < 1.29 is 14.6 Å². The lowest BCUT2D eigenvalue weighted by Gasteiger charge is -2.46. The summed E-state index contributed by atoms with van der Waals surface area (Å²) in [5.74, 6) is -0.757. The molecule has 1 fully saturated rings. The molecule has 0 aromatic carbocycles. The molecule has 1 saturated heterocycles. The molecule has 1 unspecified atom stereocenters. The minimum atomic E-state index is -0.680. The first-order chi connectivity index (χ1) is 6.03. The van der Waals surface area contributed by atoms with Crippen LogP contribution in [0.3, 0.4) is 0 Å². The molecule has 0 aromatic heterocycles. The zero-order valence-electron chi connectivity index (χ0n) is 8.54. The molecule has 0 radical (unpaired) electrons. The molecule has 1 aliphatic rings. The van der Waals surface area contributed by atoms with Gasteiger partial charge in [-0.2, -0.15) is 0 Å². The summed E-state index contributed by atoms with van der Waals surface area (Å²) in [5.41, 5.74) is -0.0972. The third-order valence-corrected chi connectivity index (χ3v) is 3.08. The second-order valence-electron chi connectivity index (χ2n) is 4.27. The fourth-order valence-electron chi connectivity index (χ4n) is 2.22. The number of hydrogen-bond acceptors (Lipinski definition) is 2. The third-order valence-electron chi connectivity index (χ3n) is 3.08. The molecule has 0 bridgehead atoms. The molecule has 0 aliphatic carbocycles. The van der Waals surface area contributed by atoms with E-state index in [9.17, 15) is 4.79 Å². The third kappa shape index (κ3) is 1.70. The minimum absolute atomic E-state index is 0.0972. The number of carboxylic acid groups (broad SMARTS) is 1. The molecular formula is C10H18O3. The van der Waals surface area contributed by atoms with Gasteiger partial charge in [0, 0.05) is 5.41 Å². The van der Waals surface area contributed by atoms with Gasteiger partial charge in [-0.3, -0.25) is 4.79 Å². The van der Waals surface area contributed by atoms with Crippen LogP contribution >= 0.6 is 0 Å². The van der Waals surface area contributed by atoms with Gasteiger partial charge in [-0.1, -0.05) is 20.8 Å². The quantitative estimate of drug-likeness (QED) is 0.727. The Morgan fingerprint density at radius 1 is 1.54 bits per heavy atom. The second-order valence-corrected chi connectivity index (χ2v) is 4.27. The van der Waals surface area contributed by atoms with Gasteiger partial charge in [0.2, 0.25) is 0 Å². The Kier molecular flexibility index (Phi) is 2.96. The van der Waals surface area contributed by atoms with E-state index in [0.29, 0.717) is 13.2 Å². The number of aliphatic carboxylic acids is 1. The predicted molar refractivity (Wildman–Crippen MR) is 49.5 cm³/mol. The number of rotatable bonds is 4. The standard InChI is InChI=1S/C10H18O3/c1-4-10(5-13-6-10)8(7(2)3)9(11)12/h7-8H,4-6H2,1-3H3,(H,11,12). The summed E-state index contributed by atoms with van der Waals surface area (Å²) in [6, 6.07) is 0. The van der Waals surface area contributed by atoms with Crippen molar-refractivity contribution >= 4 is 5.97 Å². The lowest BCUT2D eigenvalue weighted by molar-refractivity contribution is -0.182. The first-order valence-electron chi connectivity index (χ1n) is 4.84. The molecule has 1 heterocycles. The van der Waals surface area contributed by atoms with Gasteiger partial charge >= 0.3 is 5.97 Å². The Morgan fingerprint density at radius 3 is 2.15 bits per heavy atom. The lowest BCUT2D eigenvalue weighted by Crippen LogP contribution is -2.52. The number of ether oxygens (including phenoxy) is 1. The van der Waals surface area contributed by atoms with Crippen LogP contribution in [0.25, 0.3) is 0 Å². The highest BCUT2D eigenvalue weighted by Crippen LogP contribution is 2.42. The fraction of sp³-hybridized carbons (Fsp3) is 0.900. The van der Waals surface area contributed by atoms with E-state index in [-0.39, 0.29) is 17.3 Å². The first kappa shape index (κ1) is 10.5. The summed E-state index contributed by atoms with van der Waals surface area (Å²) in [5, 5.41) is 9.12. The van der Waals surface area contributed by atoms with E-state index in [4.69, 9.17) is 9.84 Å². The van der Waals surface area contributed by atoms with Crippen LogP contribution in [0.2, 0.25) is 0 Å². The van der Waals surface area contributed by atoms with Gasteiger partial charge in [-0.25, -0.2) is 0 Å². The van der Waals surface area contributed by atoms with Gasteiger partial charge in [0.05, 0.1) is 19.1 Å². The molecule has 76 valence electrons. The Balaban J connectivity index is 2.79. The van der Waals surface area contributed by atoms with E-state index in [1.165, 1.54) is 0 Å². The van der Waals surface area contributed by atoms with Crippen LogP contribution in [0.4, 0.5) is 0 Å². The molecule has 0 saturated carbocycles. The van der Waals surface area contributed by atoms with Crippen molar-refractivity contribution in [3.63, 3.8) is 0 Å². The van der Waals surface area contributed by atoms with Crippen LogP contribution < -0.4 is 0 Å². The molecule has 1 N–H and O–H groups in total. The maximum absolute atomic E-state index is 11.1. The highest BCUT2D eigenvalue weighted by molar-refractivity contribution is 5.71. The molecule has 13 heavy (non-hydrogen) atoms. The van der Waals surface area contributed by atoms with E-state index in [1.807, 2.05) is 20.8 Å². The van der Waals surface area contributed by atoms with E-state index >= 15 is 0 Å². The zero-order chi connectivity index (χ0) is 10.1. The highest BCUT2D eigenvalue weighted by atomic mass is 16.5. The maximum Gasteiger partial charge on any atom is 0.307 e. The maximum atomic E-state index is 11.1. The van der Waals surface area contributed by atoms with Crippen molar-refractivity contribution in [3.8, 4) is 0 Å². The van der Waals surface area contributed by atoms with Crippen molar-refractivity contribution in [2.75, 3.05) is 13.2 Å². The van der Waals surface area contributed by atoms with Gasteiger partial charge in [0.15, 0.2) is 0 Å². The molecule has 3 nitrogen and oxygen atoms in total. The summed E-state index contributed by atoms with van der Waals surface area (Å²) in [6.07, 6.45) is 0.891. The Morgan fingerprint density at radius 2 is 2.08 bits per heavy atom. The smallest absolute Gasteiger partial charge is 0.307 e. The minimum Gasteiger partial charge on any atom is -0.481 e. The van der Waals surface area contributed by atoms with Crippen molar-refractivity contribution in [1.82, 2.24) is 0 Å². The van der Waals surface area contributed by atoms with Crippen molar-refractivity contribution in [1.29, 1.82) is 0 Å². The Labute approximate surface area is 79.1 Å². The van der Waals surface area contributed by atoms with Crippen molar-refractivity contribution in [2.45, 2.75) is 27.2 Å². The first-order valence-corrected chi connectivity index (χ1v) is 4.84. The molecule has 1 aliphatic heterocycles. The predicted octanol–water partition coefficient (Wildman–Crippen LogP) is 1.77. The van der Waals surface area contributed by atoms with Crippen molar-refractivity contribution in [2.24, 2.45) is 17.3 Å². The summed E-state index contributed by atoms with van der Waals surface area (Å²) in [6.45, 7) is 7.20. The summed E-state index contributed by atoms with van der Waals surface area (Å²) < 4.78 is 5.15. The molecule has 0 spiro atoms. The van der Waals surface area contributed by atoms with Crippen LogP contribution in [0.1, 0.15) is 27.2 Å². The summed E-state index contributed by atoms with van der Waals surface area (Å²) in [7, 11) is 0. The van der Waals surface area contributed by atoms with Gasteiger partial charge in [-0.05, 0) is 12.3 Å². The van der Waals surface area contributed by atoms with E-state index in [0.717, 1.165) is 6.42 Å². The van der Waals surface area contributed by atoms with E-state index in [2.05, 4.69) is 0 Å². The number of hydrogen-bond donors (Lipinski definition) is 1. The van der Waals surface area contributed by atoms with Gasteiger partial charge in [-0.15, -0.1) is 0 Å². The van der Waals surface area contributed by atoms with Crippen LogP contribution in [0.15, 0.2) is 0 Å². The monoisotopic (exact) mass is 186 g/mol. The molecule has 1 atom stereocenters. The molecular weight excluding hydrogens is 168 g/mol. The molecule has 3 heteroatoms. The topological polar surface area (TPSA) is 46.5 Å². The molecule has 0 aromatic rings. The second kappa shape index (κ2) is 3.66. The average molecular weight is 186 g/mol. The summed E-state index contributed by atoms with van der Waals surface area (Å²) >= 11 is 0. The van der Waals surface area contributed by atoms with Gasteiger partial charge in [0.1, 0.15) is 0 Å². The summed E-state index contributed by atoms with van der Waals surface area (Å²) in [4.78, 5) is 11.1. The molecule has 1 rings (SSSR count). The lowest BCUT2D eigenvalue weighted by atomic mass is 9.67. The highest BCUT2D eigenvalue weighted by Gasteiger charge is 2.48. The van der Waals surface area contributed by atoms with Gasteiger partial charge < -0.3 is 9.84 Å². The van der Waals surface area contributed by atoms with Crippen LogP contribution in [-0.4, -0.2) is 24.3 Å². The van der Waals surface area contributed by atoms with Gasteiger partial charge in [0.25, 0.3) is 0 Å². The van der Waals surface area contributed by atoms with Crippen LogP contribution in [0, 0.1) is 17.3 Å². The normalized spacial score (nSPS) is 22.5. The molecule has 0 amide bonds. The van der Waals surface area contributed by atoms with Crippen LogP contribution in [-0.2, 0) is 9.53 Å². The average Bonchev–Trinajstić information content (AvgIpc) is 1.94.